The lowest BCUT2D eigenvalue weighted by Gasteiger charge is -2.41. The lowest BCUT2D eigenvalue weighted by molar-refractivity contribution is -0.191. The number of rotatable bonds is 6. The van der Waals surface area contributed by atoms with Crippen LogP contribution in [0.2, 0.25) is 0 Å². The van der Waals surface area contributed by atoms with Crippen molar-refractivity contribution in [3.63, 3.8) is 0 Å². The van der Waals surface area contributed by atoms with E-state index in [1.807, 2.05) is 6.92 Å². The fourth-order valence-corrected chi connectivity index (χ4v) is 2.30. The van der Waals surface area contributed by atoms with Crippen molar-refractivity contribution in [1.82, 2.24) is 0 Å². The van der Waals surface area contributed by atoms with E-state index in [1.54, 1.807) is 0 Å². The van der Waals surface area contributed by atoms with E-state index < -0.39 is 0 Å². The molecule has 2 rings (SSSR count). The third-order valence-electron chi connectivity index (χ3n) is 3.66. The second-order valence-electron chi connectivity index (χ2n) is 4.72. The zero-order valence-electron chi connectivity index (χ0n) is 9.52. The Hall–Kier alpha value is -0.120. The summed E-state index contributed by atoms with van der Waals surface area (Å²) >= 11 is 0. The molecule has 0 bridgehead atoms. The van der Waals surface area contributed by atoms with Gasteiger partial charge in [0.25, 0.3) is 0 Å². The van der Waals surface area contributed by atoms with E-state index in [-0.39, 0.29) is 18.3 Å². The predicted molar refractivity (Wildman–Crippen MR) is 57.7 cm³/mol. The molecule has 0 aromatic rings. The molecule has 1 N–H and O–H groups in total. The largest absolute Gasteiger partial charge is 0.390 e. The minimum Gasteiger partial charge on any atom is -0.390 e. The Bertz CT molecular complexity index is 191. The number of hydrogen-bond donors (Lipinski definition) is 1. The highest BCUT2D eigenvalue weighted by Gasteiger charge is 2.41. The summed E-state index contributed by atoms with van der Waals surface area (Å²) in [5.41, 5.74) is 0. The summed E-state index contributed by atoms with van der Waals surface area (Å²) in [7, 11) is 0. The van der Waals surface area contributed by atoms with Gasteiger partial charge in [0.05, 0.1) is 12.2 Å². The van der Waals surface area contributed by atoms with Crippen molar-refractivity contribution in [1.29, 1.82) is 0 Å². The third kappa shape index (κ3) is 2.71. The van der Waals surface area contributed by atoms with Crippen molar-refractivity contribution in [3.8, 4) is 0 Å². The monoisotopic (exact) mass is 214 g/mol. The van der Waals surface area contributed by atoms with Crippen molar-refractivity contribution >= 4 is 0 Å². The topological polar surface area (TPSA) is 38.7 Å². The molecule has 0 saturated heterocycles. The number of aliphatic hydroxyl groups excluding tert-OH is 1. The normalized spacial score (nSPS) is 36.0. The van der Waals surface area contributed by atoms with Crippen LogP contribution in [-0.2, 0) is 9.47 Å². The van der Waals surface area contributed by atoms with Crippen LogP contribution in [0, 0.1) is 5.92 Å². The van der Waals surface area contributed by atoms with Gasteiger partial charge in [0.1, 0.15) is 6.10 Å². The van der Waals surface area contributed by atoms with Crippen molar-refractivity contribution in [2.24, 2.45) is 5.92 Å². The van der Waals surface area contributed by atoms with Crippen molar-refractivity contribution in [2.75, 3.05) is 13.2 Å². The summed E-state index contributed by atoms with van der Waals surface area (Å²) in [6.07, 6.45) is 5.85. The van der Waals surface area contributed by atoms with Gasteiger partial charge in [-0.3, -0.25) is 0 Å². The Morgan fingerprint density at radius 2 is 2.07 bits per heavy atom. The van der Waals surface area contributed by atoms with E-state index in [1.165, 1.54) is 25.7 Å². The SMILES string of the molecule is CCOC1C(O)CC1OCCC1CCC1. The molecule has 3 unspecified atom stereocenters. The molecule has 3 atom stereocenters. The van der Waals surface area contributed by atoms with E-state index in [0.29, 0.717) is 6.61 Å². The molecule has 3 nitrogen and oxygen atoms in total. The van der Waals surface area contributed by atoms with E-state index in [9.17, 15) is 5.11 Å². The van der Waals surface area contributed by atoms with Crippen LogP contribution in [0.5, 0.6) is 0 Å². The Morgan fingerprint density at radius 1 is 1.27 bits per heavy atom. The second-order valence-corrected chi connectivity index (χ2v) is 4.72. The molecule has 0 aromatic carbocycles. The summed E-state index contributed by atoms with van der Waals surface area (Å²) < 4.78 is 11.2. The first kappa shape index (κ1) is 11.4. The second kappa shape index (κ2) is 5.28. The molecule has 2 fully saturated rings. The lowest BCUT2D eigenvalue weighted by atomic mass is 9.83. The summed E-state index contributed by atoms with van der Waals surface area (Å²) in [4.78, 5) is 0. The van der Waals surface area contributed by atoms with E-state index in [2.05, 4.69) is 0 Å². The van der Waals surface area contributed by atoms with E-state index >= 15 is 0 Å². The van der Waals surface area contributed by atoms with Crippen LogP contribution in [0.25, 0.3) is 0 Å². The summed E-state index contributed by atoms with van der Waals surface area (Å²) in [6, 6.07) is 0. The van der Waals surface area contributed by atoms with Crippen molar-refractivity contribution in [3.05, 3.63) is 0 Å². The maximum atomic E-state index is 9.47. The van der Waals surface area contributed by atoms with Gasteiger partial charge >= 0.3 is 0 Å². The van der Waals surface area contributed by atoms with Crippen LogP contribution in [0.15, 0.2) is 0 Å². The molecule has 15 heavy (non-hydrogen) atoms. The Morgan fingerprint density at radius 3 is 2.60 bits per heavy atom. The number of ether oxygens (including phenoxy) is 2. The van der Waals surface area contributed by atoms with Crippen LogP contribution in [-0.4, -0.2) is 36.6 Å². The molecule has 88 valence electrons. The highest BCUT2D eigenvalue weighted by Crippen LogP contribution is 2.31. The van der Waals surface area contributed by atoms with Gasteiger partial charge in [0.2, 0.25) is 0 Å². The first-order valence-corrected chi connectivity index (χ1v) is 6.22. The first-order chi connectivity index (χ1) is 7.31. The van der Waals surface area contributed by atoms with E-state index in [4.69, 9.17) is 9.47 Å². The average molecular weight is 214 g/mol. The minimum absolute atomic E-state index is 0.0728. The average Bonchev–Trinajstić information content (AvgIpc) is 2.16. The maximum absolute atomic E-state index is 9.47. The van der Waals surface area contributed by atoms with Crippen LogP contribution in [0.3, 0.4) is 0 Å². The highest BCUT2D eigenvalue weighted by molar-refractivity contribution is 4.92. The van der Waals surface area contributed by atoms with Crippen LogP contribution < -0.4 is 0 Å². The molecule has 0 spiro atoms. The smallest absolute Gasteiger partial charge is 0.110 e. The van der Waals surface area contributed by atoms with Crippen LogP contribution >= 0.6 is 0 Å². The number of aliphatic hydroxyl groups is 1. The molecule has 2 saturated carbocycles. The van der Waals surface area contributed by atoms with Crippen molar-refractivity contribution < 1.29 is 14.6 Å². The molecular weight excluding hydrogens is 192 g/mol. The molecule has 0 aromatic heterocycles. The van der Waals surface area contributed by atoms with Crippen molar-refractivity contribution in [2.45, 2.75) is 57.3 Å². The van der Waals surface area contributed by atoms with Gasteiger partial charge in [-0.05, 0) is 19.3 Å². The standard InChI is InChI=1S/C12H22O3/c1-2-14-12-10(13)8-11(12)15-7-6-9-4-3-5-9/h9-13H,2-8H2,1H3. The van der Waals surface area contributed by atoms with Gasteiger partial charge in [-0.25, -0.2) is 0 Å². The van der Waals surface area contributed by atoms with Gasteiger partial charge in [-0.15, -0.1) is 0 Å². The molecule has 2 aliphatic carbocycles. The molecule has 0 aliphatic heterocycles. The summed E-state index contributed by atoms with van der Waals surface area (Å²) in [5, 5.41) is 9.47. The molecule has 2 aliphatic rings. The predicted octanol–water partition coefficient (Wildman–Crippen LogP) is 1.73. The van der Waals surface area contributed by atoms with Gasteiger partial charge in [-0.2, -0.15) is 0 Å². The molecule has 0 radical (unpaired) electrons. The molecule has 0 heterocycles. The number of hydrogen-bond acceptors (Lipinski definition) is 3. The Balaban J connectivity index is 1.58. The van der Waals surface area contributed by atoms with E-state index in [0.717, 1.165) is 18.9 Å². The third-order valence-corrected chi connectivity index (χ3v) is 3.66. The lowest BCUT2D eigenvalue weighted by Crippen LogP contribution is -2.53. The van der Waals surface area contributed by atoms with Gasteiger partial charge in [-0.1, -0.05) is 19.3 Å². The summed E-state index contributed by atoms with van der Waals surface area (Å²) in [6.45, 7) is 3.45. The fourth-order valence-electron chi connectivity index (χ4n) is 2.30. The Labute approximate surface area is 91.8 Å². The molecule has 0 amide bonds. The molecule has 3 heteroatoms. The highest BCUT2D eigenvalue weighted by atomic mass is 16.6. The zero-order chi connectivity index (χ0) is 10.7. The van der Waals surface area contributed by atoms with Gasteiger partial charge in [0, 0.05) is 19.6 Å². The van der Waals surface area contributed by atoms with Gasteiger partial charge in [0.15, 0.2) is 0 Å². The maximum Gasteiger partial charge on any atom is 0.110 e. The first-order valence-electron chi connectivity index (χ1n) is 6.22. The Kier molecular flexibility index (Phi) is 4.00. The van der Waals surface area contributed by atoms with Gasteiger partial charge < -0.3 is 14.6 Å². The fraction of sp³-hybridized carbons (Fsp3) is 1.00. The minimum atomic E-state index is -0.307. The van der Waals surface area contributed by atoms with Crippen LogP contribution in [0.1, 0.15) is 39.0 Å². The zero-order valence-corrected chi connectivity index (χ0v) is 9.52. The van der Waals surface area contributed by atoms with Crippen LogP contribution in [0.4, 0.5) is 0 Å². The summed E-state index contributed by atoms with van der Waals surface area (Å²) in [5.74, 6) is 0.903. The quantitative estimate of drug-likeness (QED) is 0.732. The molecular formula is C12H22O3.